The molecule has 0 spiro atoms. The van der Waals surface area contributed by atoms with Gasteiger partial charge in [0.1, 0.15) is 11.5 Å². The molecule has 1 aliphatic rings. The second-order valence-electron chi connectivity index (χ2n) is 6.69. The molecule has 2 atom stereocenters. The Morgan fingerprint density at radius 2 is 1.96 bits per heavy atom. The van der Waals surface area contributed by atoms with Crippen molar-refractivity contribution in [2.24, 2.45) is 5.92 Å². The lowest BCUT2D eigenvalue weighted by Crippen LogP contribution is -2.24. The Labute approximate surface area is 149 Å². The Bertz CT molecular complexity index is 729. The van der Waals surface area contributed by atoms with Gasteiger partial charge in [-0.05, 0) is 48.8 Å². The molecule has 0 radical (unpaired) electrons. The Morgan fingerprint density at radius 1 is 1.16 bits per heavy atom. The molecule has 2 aromatic rings. The van der Waals surface area contributed by atoms with Gasteiger partial charge >= 0.3 is 0 Å². The minimum absolute atomic E-state index is 0.407. The first-order chi connectivity index (χ1) is 12.2. The van der Waals surface area contributed by atoms with Crippen LogP contribution in [0.4, 0.5) is 0 Å². The van der Waals surface area contributed by atoms with E-state index in [2.05, 4.69) is 17.1 Å². The molecule has 0 bridgehead atoms. The first-order valence-corrected chi connectivity index (χ1v) is 8.90. The van der Waals surface area contributed by atoms with Crippen molar-refractivity contribution in [1.29, 1.82) is 0 Å². The summed E-state index contributed by atoms with van der Waals surface area (Å²) in [6.07, 6.45) is 8.88. The largest absolute Gasteiger partial charge is 0.496 e. The number of ether oxygens (including phenoxy) is 2. The summed E-state index contributed by atoms with van der Waals surface area (Å²) in [5.41, 5.74) is 2.70. The van der Waals surface area contributed by atoms with Crippen molar-refractivity contribution >= 4 is 6.29 Å². The molecule has 1 aliphatic carbocycles. The molecule has 1 fully saturated rings. The monoisotopic (exact) mass is 339 g/mol. The normalized spacial score (nSPS) is 20.1. The molecule has 0 N–H and O–H groups in total. The lowest BCUT2D eigenvalue weighted by molar-refractivity contribution is 0.111. The zero-order valence-electron chi connectivity index (χ0n) is 14.9. The number of benzene rings is 1. The number of aromatic nitrogens is 1. The maximum atomic E-state index is 11.3. The van der Waals surface area contributed by atoms with Crippen molar-refractivity contribution in [1.82, 2.24) is 4.98 Å². The van der Waals surface area contributed by atoms with Crippen LogP contribution in [0.5, 0.6) is 11.5 Å². The summed E-state index contributed by atoms with van der Waals surface area (Å²) in [5.74, 6) is 2.36. The van der Waals surface area contributed by atoms with Crippen molar-refractivity contribution in [3.63, 3.8) is 0 Å². The predicted molar refractivity (Wildman–Crippen MR) is 97.5 cm³/mol. The number of aldehydes is 1. The summed E-state index contributed by atoms with van der Waals surface area (Å²) in [5, 5.41) is 0. The smallest absolute Gasteiger partial charge is 0.154 e. The molecular weight excluding hydrogens is 314 g/mol. The number of nitrogens with zero attached hydrogens (tertiary/aromatic N) is 1. The first kappa shape index (κ1) is 17.5. The van der Waals surface area contributed by atoms with Crippen molar-refractivity contribution in [2.45, 2.75) is 38.5 Å². The standard InChI is InChI=1S/C21H25NO3/c1-15-11-22-12-21(19(15)13-23)25-14-16-7-3-4-8-17(16)18-9-5-6-10-20(18)24-2/h5-6,9-13,16-17H,3-4,7-8,14H2,1-2H3. The van der Waals surface area contributed by atoms with Crippen LogP contribution in [0.25, 0.3) is 0 Å². The van der Waals surface area contributed by atoms with Gasteiger partial charge in [0.2, 0.25) is 0 Å². The van der Waals surface area contributed by atoms with E-state index in [1.807, 2.05) is 19.1 Å². The number of hydrogen-bond acceptors (Lipinski definition) is 4. The molecule has 3 rings (SSSR count). The second kappa shape index (κ2) is 8.15. The second-order valence-corrected chi connectivity index (χ2v) is 6.69. The fourth-order valence-electron chi connectivity index (χ4n) is 3.80. The van der Waals surface area contributed by atoms with E-state index in [-0.39, 0.29) is 0 Å². The van der Waals surface area contributed by atoms with E-state index in [1.165, 1.54) is 18.4 Å². The fraction of sp³-hybridized carbons (Fsp3) is 0.429. The van der Waals surface area contributed by atoms with E-state index in [9.17, 15) is 4.79 Å². The van der Waals surface area contributed by atoms with Gasteiger partial charge in [-0.25, -0.2) is 0 Å². The number of carbonyl (C=O) groups is 1. The molecular formula is C21H25NO3. The van der Waals surface area contributed by atoms with Crippen LogP contribution >= 0.6 is 0 Å². The highest BCUT2D eigenvalue weighted by Gasteiger charge is 2.29. The first-order valence-electron chi connectivity index (χ1n) is 8.90. The van der Waals surface area contributed by atoms with E-state index >= 15 is 0 Å². The van der Waals surface area contributed by atoms with Crippen LogP contribution in [0.15, 0.2) is 36.7 Å². The molecule has 1 saturated carbocycles. The average molecular weight is 339 g/mol. The quantitative estimate of drug-likeness (QED) is 0.724. The van der Waals surface area contributed by atoms with Gasteiger partial charge in [-0.3, -0.25) is 9.78 Å². The number of pyridine rings is 1. The van der Waals surface area contributed by atoms with E-state index in [4.69, 9.17) is 9.47 Å². The maximum Gasteiger partial charge on any atom is 0.154 e. The van der Waals surface area contributed by atoms with Crippen LogP contribution in [0.2, 0.25) is 0 Å². The highest BCUT2D eigenvalue weighted by Crippen LogP contribution is 2.41. The molecule has 2 unspecified atom stereocenters. The van der Waals surface area contributed by atoms with Crippen molar-refractivity contribution < 1.29 is 14.3 Å². The SMILES string of the molecule is COc1ccccc1C1CCCCC1COc1cncc(C)c1C=O. The van der Waals surface area contributed by atoms with Crippen LogP contribution < -0.4 is 9.47 Å². The van der Waals surface area contributed by atoms with Crippen molar-refractivity contribution in [2.75, 3.05) is 13.7 Å². The fourth-order valence-corrected chi connectivity index (χ4v) is 3.80. The summed E-state index contributed by atoms with van der Waals surface area (Å²) in [7, 11) is 1.72. The summed E-state index contributed by atoms with van der Waals surface area (Å²) in [6, 6.07) is 8.26. The van der Waals surface area contributed by atoms with Gasteiger partial charge in [0.05, 0.1) is 25.5 Å². The van der Waals surface area contributed by atoms with Crippen LogP contribution in [0.3, 0.4) is 0 Å². The Balaban J connectivity index is 1.78. The molecule has 0 saturated heterocycles. The van der Waals surface area contributed by atoms with Crippen LogP contribution in [0, 0.1) is 12.8 Å². The minimum Gasteiger partial charge on any atom is -0.496 e. The lowest BCUT2D eigenvalue weighted by Gasteiger charge is -2.32. The number of para-hydroxylation sites is 1. The lowest BCUT2D eigenvalue weighted by atomic mass is 9.75. The Morgan fingerprint density at radius 3 is 2.76 bits per heavy atom. The van der Waals surface area contributed by atoms with Gasteiger partial charge in [-0.1, -0.05) is 31.0 Å². The van der Waals surface area contributed by atoms with Gasteiger partial charge < -0.3 is 9.47 Å². The van der Waals surface area contributed by atoms with E-state index in [0.717, 1.165) is 30.4 Å². The number of hydrogen-bond donors (Lipinski definition) is 0. The summed E-state index contributed by atoms with van der Waals surface area (Å²) < 4.78 is 11.6. The summed E-state index contributed by atoms with van der Waals surface area (Å²) >= 11 is 0. The average Bonchev–Trinajstić information content (AvgIpc) is 2.66. The van der Waals surface area contributed by atoms with E-state index in [1.54, 1.807) is 19.5 Å². The van der Waals surface area contributed by atoms with Crippen LogP contribution in [0.1, 0.15) is 53.1 Å². The number of methoxy groups -OCH3 is 1. The van der Waals surface area contributed by atoms with Gasteiger partial charge in [-0.2, -0.15) is 0 Å². The molecule has 1 heterocycles. The Hall–Kier alpha value is -2.36. The van der Waals surface area contributed by atoms with Gasteiger partial charge in [-0.15, -0.1) is 0 Å². The third kappa shape index (κ3) is 3.84. The summed E-state index contributed by atoms with van der Waals surface area (Å²) in [6.45, 7) is 2.47. The number of rotatable bonds is 6. The molecule has 25 heavy (non-hydrogen) atoms. The number of carbonyl (C=O) groups excluding carboxylic acids is 1. The highest BCUT2D eigenvalue weighted by atomic mass is 16.5. The zero-order valence-corrected chi connectivity index (χ0v) is 14.9. The van der Waals surface area contributed by atoms with Crippen LogP contribution in [-0.4, -0.2) is 25.0 Å². The molecule has 132 valence electrons. The highest BCUT2D eigenvalue weighted by molar-refractivity contribution is 5.81. The van der Waals surface area contributed by atoms with Crippen molar-refractivity contribution in [3.8, 4) is 11.5 Å². The molecule has 0 aliphatic heterocycles. The topological polar surface area (TPSA) is 48.4 Å². The summed E-state index contributed by atoms with van der Waals surface area (Å²) in [4.78, 5) is 15.5. The van der Waals surface area contributed by atoms with E-state index in [0.29, 0.717) is 29.8 Å². The van der Waals surface area contributed by atoms with Crippen LogP contribution in [-0.2, 0) is 0 Å². The van der Waals surface area contributed by atoms with Crippen molar-refractivity contribution in [3.05, 3.63) is 53.3 Å². The Kier molecular flexibility index (Phi) is 5.69. The maximum absolute atomic E-state index is 11.3. The molecule has 4 heteroatoms. The van der Waals surface area contributed by atoms with E-state index < -0.39 is 0 Å². The molecule has 0 amide bonds. The molecule has 1 aromatic carbocycles. The predicted octanol–water partition coefficient (Wildman–Crippen LogP) is 4.56. The third-order valence-electron chi connectivity index (χ3n) is 5.17. The number of aryl methyl sites for hydroxylation is 1. The van der Waals surface area contributed by atoms with Gasteiger partial charge in [0, 0.05) is 6.20 Å². The van der Waals surface area contributed by atoms with Gasteiger partial charge in [0.15, 0.2) is 6.29 Å². The molecule has 4 nitrogen and oxygen atoms in total. The van der Waals surface area contributed by atoms with Gasteiger partial charge in [0.25, 0.3) is 0 Å². The molecule has 1 aromatic heterocycles. The third-order valence-corrected chi connectivity index (χ3v) is 5.17. The zero-order chi connectivity index (χ0) is 17.6. The minimum atomic E-state index is 0.407.